The molecular weight excluding hydrogens is 272 g/mol. The summed E-state index contributed by atoms with van der Waals surface area (Å²) in [4.78, 5) is 0. The summed E-state index contributed by atoms with van der Waals surface area (Å²) in [5, 5.41) is 7.45. The molecule has 1 fully saturated rings. The molecular formula is C11H11BrN2S. The molecule has 1 saturated heterocycles. The van der Waals surface area contributed by atoms with Crippen LogP contribution >= 0.6 is 28.1 Å². The van der Waals surface area contributed by atoms with Gasteiger partial charge in [-0.2, -0.15) is 0 Å². The van der Waals surface area contributed by atoms with E-state index in [-0.39, 0.29) is 0 Å². The number of hydrogen-bond donors (Lipinski definition) is 2. The molecule has 0 unspecified atom stereocenters. The van der Waals surface area contributed by atoms with Gasteiger partial charge >= 0.3 is 0 Å². The quantitative estimate of drug-likeness (QED) is 0.714. The summed E-state index contributed by atoms with van der Waals surface area (Å²) < 4.78 is 1.14. The molecule has 0 bridgehead atoms. The minimum Gasteiger partial charge on any atom is -0.358 e. The molecule has 0 spiro atoms. The van der Waals surface area contributed by atoms with Gasteiger partial charge in [0.05, 0.1) is 12.1 Å². The zero-order chi connectivity index (χ0) is 10.4. The fourth-order valence-corrected chi connectivity index (χ4v) is 3.12. The molecule has 15 heavy (non-hydrogen) atoms. The van der Waals surface area contributed by atoms with E-state index >= 15 is 0 Å². The van der Waals surface area contributed by atoms with Crippen LogP contribution in [0.5, 0.6) is 0 Å². The normalized spacial score (nSPS) is 27.7. The minimum absolute atomic E-state index is 0.360. The summed E-state index contributed by atoms with van der Waals surface area (Å²) in [5.74, 6) is 0. The lowest BCUT2D eigenvalue weighted by molar-refractivity contribution is 0.466. The van der Waals surface area contributed by atoms with Crippen molar-refractivity contribution in [2.75, 3.05) is 0 Å². The predicted octanol–water partition coefficient (Wildman–Crippen LogP) is 2.28. The number of benzene rings is 1. The van der Waals surface area contributed by atoms with Crippen molar-refractivity contribution in [1.82, 2.24) is 10.6 Å². The van der Waals surface area contributed by atoms with Gasteiger partial charge in [0.2, 0.25) is 0 Å². The van der Waals surface area contributed by atoms with Crippen LogP contribution in [0.2, 0.25) is 0 Å². The Bertz CT molecular complexity index is 433. The Kier molecular flexibility index (Phi) is 2.21. The van der Waals surface area contributed by atoms with Crippen molar-refractivity contribution < 1.29 is 0 Å². The lowest BCUT2D eigenvalue weighted by atomic mass is 9.85. The van der Waals surface area contributed by atoms with Gasteiger partial charge in [0.15, 0.2) is 5.11 Å². The Morgan fingerprint density at radius 2 is 2.20 bits per heavy atom. The largest absolute Gasteiger partial charge is 0.358 e. The summed E-state index contributed by atoms with van der Waals surface area (Å²) in [5.41, 5.74) is 2.83. The lowest BCUT2D eigenvalue weighted by Crippen LogP contribution is -2.31. The van der Waals surface area contributed by atoms with Crippen molar-refractivity contribution in [1.29, 1.82) is 0 Å². The molecule has 1 aliphatic carbocycles. The van der Waals surface area contributed by atoms with Gasteiger partial charge < -0.3 is 10.6 Å². The first-order chi connectivity index (χ1) is 7.24. The monoisotopic (exact) mass is 282 g/mol. The first-order valence-electron chi connectivity index (χ1n) is 5.09. The molecule has 78 valence electrons. The molecule has 0 radical (unpaired) electrons. The highest BCUT2D eigenvalue weighted by molar-refractivity contribution is 9.10. The van der Waals surface area contributed by atoms with Crippen LogP contribution in [0.15, 0.2) is 22.7 Å². The van der Waals surface area contributed by atoms with E-state index in [0.29, 0.717) is 12.1 Å². The second kappa shape index (κ2) is 3.46. The third-order valence-corrected chi connectivity index (χ3v) is 3.90. The SMILES string of the molecule is S=C1N[C@H]2CCc3ccc(Br)cc3[C@@H]2N1. The highest BCUT2D eigenvalue weighted by Gasteiger charge is 2.35. The van der Waals surface area contributed by atoms with Gasteiger partial charge in [-0.1, -0.05) is 22.0 Å². The third-order valence-electron chi connectivity index (χ3n) is 3.17. The molecule has 0 saturated carbocycles. The van der Waals surface area contributed by atoms with Crippen molar-refractivity contribution in [3.05, 3.63) is 33.8 Å². The molecule has 3 rings (SSSR count). The number of aryl methyl sites for hydroxylation is 1. The minimum atomic E-state index is 0.360. The maximum absolute atomic E-state index is 5.16. The molecule has 0 aromatic heterocycles. The zero-order valence-electron chi connectivity index (χ0n) is 8.09. The van der Waals surface area contributed by atoms with Gasteiger partial charge in [-0.3, -0.25) is 0 Å². The Labute approximate surface area is 103 Å². The first kappa shape index (κ1) is 9.60. The van der Waals surface area contributed by atoms with E-state index in [1.165, 1.54) is 11.1 Å². The van der Waals surface area contributed by atoms with Crippen molar-refractivity contribution in [3.63, 3.8) is 0 Å². The molecule has 2 nitrogen and oxygen atoms in total. The standard InChI is InChI=1S/C11H11BrN2S/c12-7-3-1-6-2-4-9-10(8(6)5-7)14-11(15)13-9/h1,3,5,9-10H,2,4H2,(H2,13,14,15)/t9-,10-/m0/s1. The average molecular weight is 283 g/mol. The van der Waals surface area contributed by atoms with Gasteiger partial charge in [-0.05, 0) is 48.3 Å². The second-order valence-corrected chi connectivity index (χ2v) is 5.41. The molecule has 2 atom stereocenters. The molecule has 1 aromatic carbocycles. The van der Waals surface area contributed by atoms with Crippen LogP contribution in [0.4, 0.5) is 0 Å². The summed E-state index contributed by atoms with van der Waals surface area (Å²) in [7, 11) is 0. The Balaban J connectivity index is 2.06. The molecule has 2 N–H and O–H groups in total. The van der Waals surface area contributed by atoms with Crippen molar-refractivity contribution in [2.45, 2.75) is 24.9 Å². The average Bonchev–Trinajstić information content (AvgIpc) is 2.58. The van der Waals surface area contributed by atoms with Gasteiger partial charge in [0, 0.05) is 4.47 Å². The summed E-state index contributed by atoms with van der Waals surface area (Å²) >= 11 is 8.68. The van der Waals surface area contributed by atoms with Gasteiger partial charge in [-0.15, -0.1) is 0 Å². The van der Waals surface area contributed by atoms with Gasteiger partial charge in [-0.25, -0.2) is 0 Å². The van der Waals surface area contributed by atoms with Gasteiger partial charge in [0.25, 0.3) is 0 Å². The predicted molar refractivity (Wildman–Crippen MR) is 67.9 cm³/mol. The summed E-state index contributed by atoms with van der Waals surface area (Å²) in [6.45, 7) is 0. The lowest BCUT2D eigenvalue weighted by Gasteiger charge is -2.27. The number of fused-ring (bicyclic) bond motifs is 3. The van der Waals surface area contributed by atoms with E-state index in [4.69, 9.17) is 12.2 Å². The van der Waals surface area contributed by atoms with E-state index < -0.39 is 0 Å². The maximum atomic E-state index is 5.16. The van der Waals surface area contributed by atoms with Crippen LogP contribution in [-0.2, 0) is 6.42 Å². The van der Waals surface area contributed by atoms with E-state index in [9.17, 15) is 0 Å². The molecule has 1 heterocycles. The number of hydrogen-bond acceptors (Lipinski definition) is 1. The van der Waals surface area contributed by atoms with Gasteiger partial charge in [0.1, 0.15) is 0 Å². The Morgan fingerprint density at radius 1 is 1.33 bits per heavy atom. The van der Waals surface area contributed by atoms with Crippen LogP contribution in [0.3, 0.4) is 0 Å². The fraction of sp³-hybridized carbons (Fsp3) is 0.364. The first-order valence-corrected chi connectivity index (χ1v) is 6.29. The smallest absolute Gasteiger partial charge is 0.167 e. The van der Waals surface area contributed by atoms with Crippen LogP contribution < -0.4 is 10.6 Å². The topological polar surface area (TPSA) is 24.1 Å². The highest BCUT2D eigenvalue weighted by Crippen LogP contribution is 2.34. The number of halogens is 1. The second-order valence-electron chi connectivity index (χ2n) is 4.08. The van der Waals surface area contributed by atoms with Crippen LogP contribution in [0.25, 0.3) is 0 Å². The van der Waals surface area contributed by atoms with Crippen LogP contribution in [-0.4, -0.2) is 11.2 Å². The zero-order valence-corrected chi connectivity index (χ0v) is 10.5. The van der Waals surface area contributed by atoms with Crippen LogP contribution in [0.1, 0.15) is 23.6 Å². The number of thiocarbonyl (C=S) groups is 1. The van der Waals surface area contributed by atoms with E-state index in [2.05, 4.69) is 44.8 Å². The molecule has 1 aromatic rings. The highest BCUT2D eigenvalue weighted by atomic mass is 79.9. The molecule has 4 heteroatoms. The van der Waals surface area contributed by atoms with Crippen molar-refractivity contribution >= 4 is 33.3 Å². The number of rotatable bonds is 0. The van der Waals surface area contributed by atoms with Crippen molar-refractivity contribution in [3.8, 4) is 0 Å². The molecule has 2 aliphatic rings. The molecule has 0 amide bonds. The maximum Gasteiger partial charge on any atom is 0.167 e. The summed E-state index contributed by atoms with van der Waals surface area (Å²) in [6.07, 6.45) is 2.30. The third kappa shape index (κ3) is 1.56. The van der Waals surface area contributed by atoms with Crippen molar-refractivity contribution in [2.24, 2.45) is 0 Å². The number of nitrogens with one attached hydrogen (secondary N) is 2. The Morgan fingerprint density at radius 3 is 3.07 bits per heavy atom. The van der Waals surface area contributed by atoms with E-state index in [1.54, 1.807) is 0 Å². The fourth-order valence-electron chi connectivity index (χ4n) is 2.46. The Hall–Kier alpha value is -0.610. The van der Waals surface area contributed by atoms with Crippen LogP contribution in [0, 0.1) is 0 Å². The van der Waals surface area contributed by atoms with E-state index in [0.717, 1.165) is 22.4 Å². The summed E-state index contributed by atoms with van der Waals surface area (Å²) in [6, 6.07) is 7.35. The molecule has 1 aliphatic heterocycles. The van der Waals surface area contributed by atoms with E-state index in [1.807, 2.05) is 0 Å².